The normalized spacial score (nSPS) is 16.9. The number of aryl methyl sites for hydroxylation is 1. The van der Waals surface area contributed by atoms with E-state index in [1.54, 1.807) is 24.3 Å². The van der Waals surface area contributed by atoms with Gasteiger partial charge in [-0.2, -0.15) is 0 Å². The lowest BCUT2D eigenvalue weighted by Gasteiger charge is -2.30. The SMILES string of the molecule is Cc1cc(C(=O)Nc2ccc3c(c2)OCCO3)nc(N2CCC(C)CC2)n1. The molecule has 0 atom stereocenters. The van der Waals surface area contributed by atoms with Crippen LogP contribution in [0.15, 0.2) is 24.3 Å². The molecule has 0 bridgehead atoms. The molecule has 2 aliphatic rings. The lowest BCUT2D eigenvalue weighted by molar-refractivity contribution is 0.102. The summed E-state index contributed by atoms with van der Waals surface area (Å²) in [6.45, 7) is 7.05. The summed E-state index contributed by atoms with van der Waals surface area (Å²) in [4.78, 5) is 23.9. The summed E-state index contributed by atoms with van der Waals surface area (Å²) in [5, 5.41) is 2.89. The number of carbonyl (C=O) groups is 1. The van der Waals surface area contributed by atoms with Gasteiger partial charge in [-0.15, -0.1) is 0 Å². The number of benzene rings is 1. The largest absolute Gasteiger partial charge is 0.486 e. The molecule has 4 rings (SSSR count). The molecular formula is C20H24N4O3. The maximum Gasteiger partial charge on any atom is 0.274 e. The van der Waals surface area contributed by atoms with Crippen LogP contribution in [0.1, 0.15) is 35.9 Å². The lowest BCUT2D eigenvalue weighted by atomic mass is 10.00. The Labute approximate surface area is 158 Å². The van der Waals surface area contributed by atoms with Crippen LogP contribution in [-0.2, 0) is 0 Å². The first-order chi connectivity index (χ1) is 13.1. The zero-order valence-corrected chi connectivity index (χ0v) is 15.7. The first-order valence-corrected chi connectivity index (χ1v) is 9.40. The van der Waals surface area contributed by atoms with Gasteiger partial charge in [0.25, 0.3) is 5.91 Å². The van der Waals surface area contributed by atoms with E-state index in [1.807, 2.05) is 6.92 Å². The molecule has 1 saturated heterocycles. The summed E-state index contributed by atoms with van der Waals surface area (Å²) in [5.74, 6) is 2.43. The third kappa shape index (κ3) is 3.97. The van der Waals surface area contributed by atoms with Crippen molar-refractivity contribution in [3.63, 3.8) is 0 Å². The van der Waals surface area contributed by atoms with Gasteiger partial charge in [0.15, 0.2) is 11.5 Å². The molecule has 7 heteroatoms. The molecule has 2 aromatic rings. The highest BCUT2D eigenvalue weighted by atomic mass is 16.6. The predicted molar refractivity (Wildman–Crippen MR) is 103 cm³/mol. The van der Waals surface area contributed by atoms with Crippen molar-refractivity contribution in [2.75, 3.05) is 36.5 Å². The summed E-state index contributed by atoms with van der Waals surface area (Å²) in [7, 11) is 0. The van der Waals surface area contributed by atoms with Crippen molar-refractivity contribution >= 4 is 17.5 Å². The van der Waals surface area contributed by atoms with Crippen molar-refractivity contribution in [3.8, 4) is 11.5 Å². The fourth-order valence-corrected chi connectivity index (χ4v) is 3.34. The molecule has 0 aliphatic carbocycles. The van der Waals surface area contributed by atoms with Crippen LogP contribution in [0.2, 0.25) is 0 Å². The van der Waals surface area contributed by atoms with Crippen molar-refractivity contribution in [1.82, 2.24) is 9.97 Å². The Morgan fingerprint density at radius 1 is 1.11 bits per heavy atom. The summed E-state index contributed by atoms with van der Waals surface area (Å²) in [5.41, 5.74) is 1.80. The van der Waals surface area contributed by atoms with Crippen LogP contribution in [0.5, 0.6) is 11.5 Å². The van der Waals surface area contributed by atoms with E-state index in [4.69, 9.17) is 9.47 Å². The fraction of sp³-hybridized carbons (Fsp3) is 0.450. The Morgan fingerprint density at radius 2 is 1.85 bits per heavy atom. The smallest absolute Gasteiger partial charge is 0.274 e. The number of aromatic nitrogens is 2. The Balaban J connectivity index is 1.51. The second-order valence-corrected chi connectivity index (χ2v) is 7.18. The quantitative estimate of drug-likeness (QED) is 0.897. The van der Waals surface area contributed by atoms with E-state index in [-0.39, 0.29) is 5.91 Å². The van der Waals surface area contributed by atoms with Gasteiger partial charge in [0.05, 0.1) is 0 Å². The third-order valence-electron chi connectivity index (χ3n) is 4.94. The van der Waals surface area contributed by atoms with Crippen molar-refractivity contribution in [3.05, 3.63) is 35.7 Å². The summed E-state index contributed by atoms with van der Waals surface area (Å²) in [6.07, 6.45) is 2.24. The number of nitrogens with zero attached hydrogens (tertiary/aromatic N) is 3. The van der Waals surface area contributed by atoms with E-state index in [0.29, 0.717) is 42.0 Å². The van der Waals surface area contributed by atoms with E-state index in [9.17, 15) is 4.79 Å². The number of carbonyl (C=O) groups excluding carboxylic acids is 1. The lowest BCUT2D eigenvalue weighted by Crippen LogP contribution is -2.34. The van der Waals surface area contributed by atoms with Crippen molar-refractivity contribution in [2.45, 2.75) is 26.7 Å². The number of rotatable bonds is 3. The topological polar surface area (TPSA) is 76.6 Å². The van der Waals surface area contributed by atoms with Crippen molar-refractivity contribution in [1.29, 1.82) is 0 Å². The fourth-order valence-electron chi connectivity index (χ4n) is 3.34. The van der Waals surface area contributed by atoms with E-state index in [0.717, 1.165) is 37.5 Å². The van der Waals surface area contributed by atoms with Crippen LogP contribution in [0.3, 0.4) is 0 Å². The Bertz CT molecular complexity index is 847. The molecule has 0 saturated carbocycles. The first kappa shape index (κ1) is 17.6. The highest BCUT2D eigenvalue weighted by molar-refractivity contribution is 6.03. The van der Waals surface area contributed by atoms with E-state index >= 15 is 0 Å². The second kappa shape index (κ2) is 7.42. The highest BCUT2D eigenvalue weighted by Gasteiger charge is 2.20. The molecule has 142 valence electrons. The summed E-state index contributed by atoms with van der Waals surface area (Å²) in [6, 6.07) is 7.08. The third-order valence-corrected chi connectivity index (χ3v) is 4.94. The molecular weight excluding hydrogens is 344 g/mol. The van der Waals surface area contributed by atoms with Gasteiger partial charge in [0.2, 0.25) is 5.95 Å². The molecule has 1 fully saturated rings. The van der Waals surface area contributed by atoms with E-state index in [2.05, 4.69) is 27.1 Å². The predicted octanol–water partition coefficient (Wildman–Crippen LogP) is 3.04. The minimum absolute atomic E-state index is 0.260. The molecule has 1 N–H and O–H groups in total. The maximum absolute atomic E-state index is 12.7. The number of hydrogen-bond acceptors (Lipinski definition) is 6. The van der Waals surface area contributed by atoms with Gasteiger partial charge in [0, 0.05) is 30.5 Å². The molecule has 1 aromatic heterocycles. The number of ether oxygens (including phenoxy) is 2. The molecule has 0 radical (unpaired) electrons. The first-order valence-electron chi connectivity index (χ1n) is 9.40. The van der Waals surface area contributed by atoms with Crippen molar-refractivity contribution < 1.29 is 14.3 Å². The molecule has 27 heavy (non-hydrogen) atoms. The van der Waals surface area contributed by atoms with Gasteiger partial charge in [-0.05, 0) is 43.9 Å². The summed E-state index contributed by atoms with van der Waals surface area (Å²) < 4.78 is 11.1. The molecule has 7 nitrogen and oxygen atoms in total. The van der Waals surface area contributed by atoms with Gasteiger partial charge in [-0.1, -0.05) is 6.92 Å². The molecule has 0 spiro atoms. The molecule has 1 aromatic carbocycles. The molecule has 1 amide bonds. The van der Waals surface area contributed by atoms with Gasteiger partial charge in [0.1, 0.15) is 18.9 Å². The van der Waals surface area contributed by atoms with Gasteiger partial charge in [-0.25, -0.2) is 9.97 Å². The van der Waals surface area contributed by atoms with Crippen LogP contribution < -0.4 is 19.7 Å². The number of anilines is 2. The standard InChI is InChI=1S/C20H24N4O3/c1-13-5-7-24(8-6-13)20-21-14(2)11-16(23-20)19(25)22-15-3-4-17-18(12-15)27-10-9-26-17/h3-4,11-13H,5-10H2,1-2H3,(H,22,25). The maximum atomic E-state index is 12.7. The average Bonchev–Trinajstić information content (AvgIpc) is 2.68. The Morgan fingerprint density at radius 3 is 2.63 bits per heavy atom. The number of fused-ring (bicyclic) bond motifs is 1. The van der Waals surface area contributed by atoms with Gasteiger partial charge < -0.3 is 19.7 Å². The van der Waals surface area contributed by atoms with E-state index in [1.165, 1.54) is 0 Å². The number of nitrogens with one attached hydrogen (secondary N) is 1. The molecule has 0 unspecified atom stereocenters. The van der Waals surface area contributed by atoms with Gasteiger partial charge >= 0.3 is 0 Å². The van der Waals surface area contributed by atoms with Crippen LogP contribution >= 0.6 is 0 Å². The minimum Gasteiger partial charge on any atom is -0.486 e. The molecule has 3 heterocycles. The number of piperidine rings is 1. The van der Waals surface area contributed by atoms with Crippen LogP contribution in [0, 0.1) is 12.8 Å². The minimum atomic E-state index is -0.260. The number of amides is 1. The average molecular weight is 368 g/mol. The van der Waals surface area contributed by atoms with Crippen molar-refractivity contribution in [2.24, 2.45) is 5.92 Å². The van der Waals surface area contributed by atoms with Crippen LogP contribution in [-0.4, -0.2) is 42.2 Å². The summed E-state index contributed by atoms with van der Waals surface area (Å²) >= 11 is 0. The monoisotopic (exact) mass is 368 g/mol. The molecule has 2 aliphatic heterocycles. The van der Waals surface area contributed by atoms with E-state index < -0.39 is 0 Å². The second-order valence-electron chi connectivity index (χ2n) is 7.18. The Kier molecular flexibility index (Phi) is 4.83. The van der Waals surface area contributed by atoms with Gasteiger partial charge in [-0.3, -0.25) is 4.79 Å². The zero-order chi connectivity index (χ0) is 18.8. The van der Waals surface area contributed by atoms with Crippen LogP contribution in [0.4, 0.5) is 11.6 Å². The number of hydrogen-bond donors (Lipinski definition) is 1. The highest BCUT2D eigenvalue weighted by Crippen LogP contribution is 2.32. The Hall–Kier alpha value is -2.83. The van der Waals surface area contributed by atoms with Crippen LogP contribution in [0.25, 0.3) is 0 Å². The zero-order valence-electron chi connectivity index (χ0n) is 15.7.